The predicted octanol–water partition coefficient (Wildman–Crippen LogP) is 3.04. The number of anilines is 1. The Morgan fingerprint density at radius 1 is 1.12 bits per heavy atom. The van der Waals surface area contributed by atoms with Gasteiger partial charge < -0.3 is 19.1 Å². The maximum absolute atomic E-state index is 13.0. The van der Waals surface area contributed by atoms with Crippen LogP contribution in [0.5, 0.6) is 11.6 Å². The molecule has 2 aromatic rings. The van der Waals surface area contributed by atoms with Crippen LogP contribution in [0.25, 0.3) is 0 Å². The van der Waals surface area contributed by atoms with Gasteiger partial charge in [-0.3, -0.25) is 14.4 Å². The molecule has 8 nitrogen and oxygen atoms in total. The lowest BCUT2D eigenvalue weighted by Gasteiger charge is -2.18. The quantitative estimate of drug-likeness (QED) is 0.616. The van der Waals surface area contributed by atoms with Crippen molar-refractivity contribution in [2.45, 2.75) is 50.2 Å². The highest BCUT2D eigenvalue weighted by Gasteiger charge is 2.37. The Hall–Kier alpha value is -3.42. The van der Waals surface area contributed by atoms with Crippen molar-refractivity contribution in [3.8, 4) is 11.6 Å². The molecular formula is C24H24N2O6. The second kappa shape index (κ2) is 8.26. The molecule has 1 aromatic heterocycles. The van der Waals surface area contributed by atoms with Gasteiger partial charge >= 0.3 is 5.97 Å². The molecular weight excluding hydrogens is 412 g/mol. The van der Waals surface area contributed by atoms with Crippen molar-refractivity contribution in [1.82, 2.24) is 4.98 Å². The number of hydrogen-bond acceptors (Lipinski definition) is 7. The Balaban J connectivity index is 1.26. The first-order chi connectivity index (χ1) is 15.5. The second-order valence-electron chi connectivity index (χ2n) is 8.41. The largest absolute Gasteiger partial charge is 0.479 e. The summed E-state index contributed by atoms with van der Waals surface area (Å²) < 4.78 is 16.2. The van der Waals surface area contributed by atoms with Crippen molar-refractivity contribution in [3.63, 3.8) is 0 Å². The monoisotopic (exact) mass is 436 g/mol. The fraction of sp³-hybridized carbons (Fsp3) is 0.417. The number of esters is 1. The van der Waals surface area contributed by atoms with Crippen molar-refractivity contribution in [1.29, 1.82) is 0 Å². The first-order valence-corrected chi connectivity index (χ1v) is 10.9. The molecule has 1 saturated heterocycles. The number of methoxy groups -OCH3 is 1. The minimum atomic E-state index is -0.608. The molecule has 1 amide bonds. The number of rotatable bonds is 7. The molecule has 0 bridgehead atoms. The lowest BCUT2D eigenvalue weighted by atomic mass is 9.97. The summed E-state index contributed by atoms with van der Waals surface area (Å²) in [5.74, 6) is 0.394. The molecule has 5 rings (SSSR count). The number of ether oxygens (including phenoxy) is 3. The van der Waals surface area contributed by atoms with Gasteiger partial charge in [-0.05, 0) is 36.6 Å². The second-order valence-corrected chi connectivity index (χ2v) is 8.41. The van der Waals surface area contributed by atoms with Gasteiger partial charge in [0.05, 0.1) is 19.7 Å². The van der Waals surface area contributed by atoms with E-state index in [0.29, 0.717) is 35.8 Å². The van der Waals surface area contributed by atoms with Crippen molar-refractivity contribution in [3.05, 3.63) is 47.7 Å². The number of hydrogen-bond donors (Lipinski definition) is 0. The van der Waals surface area contributed by atoms with Crippen molar-refractivity contribution < 1.29 is 28.6 Å². The van der Waals surface area contributed by atoms with E-state index in [1.165, 1.54) is 7.11 Å². The summed E-state index contributed by atoms with van der Waals surface area (Å²) in [4.78, 5) is 43.0. The zero-order valence-electron chi connectivity index (χ0n) is 17.8. The van der Waals surface area contributed by atoms with Crippen LogP contribution in [0, 0.1) is 0 Å². The van der Waals surface area contributed by atoms with Gasteiger partial charge in [-0.2, -0.15) is 0 Å². The van der Waals surface area contributed by atoms with E-state index >= 15 is 0 Å². The number of carbonyl (C=O) groups is 3. The Morgan fingerprint density at radius 2 is 1.97 bits per heavy atom. The minimum absolute atomic E-state index is 0.0187. The molecule has 1 saturated carbocycles. The third-order valence-corrected chi connectivity index (χ3v) is 6.12. The van der Waals surface area contributed by atoms with Crippen LogP contribution in [-0.4, -0.2) is 48.5 Å². The van der Waals surface area contributed by atoms with E-state index in [4.69, 9.17) is 14.2 Å². The van der Waals surface area contributed by atoms with Gasteiger partial charge in [0.15, 0.2) is 11.9 Å². The van der Waals surface area contributed by atoms with E-state index in [-0.39, 0.29) is 42.5 Å². The lowest BCUT2D eigenvalue weighted by Crippen LogP contribution is -2.32. The number of aromatic nitrogens is 1. The van der Waals surface area contributed by atoms with E-state index in [0.717, 1.165) is 18.4 Å². The smallest absolute Gasteiger partial charge is 0.306 e. The van der Waals surface area contributed by atoms with Crippen LogP contribution in [0.1, 0.15) is 53.9 Å². The van der Waals surface area contributed by atoms with Crippen LogP contribution < -0.4 is 14.4 Å². The van der Waals surface area contributed by atoms with Crippen molar-refractivity contribution in [2.24, 2.45) is 0 Å². The van der Waals surface area contributed by atoms with Crippen molar-refractivity contribution >= 4 is 23.3 Å². The molecule has 0 N–H and O–H groups in total. The summed E-state index contributed by atoms with van der Waals surface area (Å²) in [5, 5.41) is 0. The highest BCUT2D eigenvalue weighted by Crippen LogP contribution is 2.38. The molecule has 32 heavy (non-hydrogen) atoms. The Bertz CT molecular complexity index is 1060. The minimum Gasteiger partial charge on any atom is -0.479 e. The zero-order chi connectivity index (χ0) is 22.2. The van der Waals surface area contributed by atoms with Gasteiger partial charge in [-0.1, -0.05) is 6.07 Å². The van der Waals surface area contributed by atoms with Crippen LogP contribution in [-0.2, 0) is 14.3 Å². The van der Waals surface area contributed by atoms with Gasteiger partial charge in [0, 0.05) is 42.6 Å². The number of Topliss-reactive ketones (excluding diaryl/α,β-unsaturated/α-hetero) is 1. The fourth-order valence-corrected chi connectivity index (χ4v) is 4.27. The van der Waals surface area contributed by atoms with E-state index in [9.17, 15) is 14.4 Å². The lowest BCUT2D eigenvalue weighted by molar-refractivity contribution is -0.141. The molecule has 0 radical (unpaired) electrons. The summed E-state index contributed by atoms with van der Waals surface area (Å²) in [6.07, 6.45) is 4.35. The topological polar surface area (TPSA) is 95.0 Å². The Labute approximate surface area is 185 Å². The van der Waals surface area contributed by atoms with E-state index < -0.39 is 6.10 Å². The molecule has 2 atom stereocenters. The fourth-order valence-electron chi connectivity index (χ4n) is 4.27. The molecule has 1 aliphatic heterocycles. The zero-order valence-corrected chi connectivity index (χ0v) is 17.8. The molecule has 8 heteroatoms. The number of carbonyl (C=O) groups excluding carboxylic acids is 3. The van der Waals surface area contributed by atoms with E-state index in [1.54, 1.807) is 29.3 Å². The van der Waals surface area contributed by atoms with Gasteiger partial charge in [-0.25, -0.2) is 4.98 Å². The SMILES string of the molecule is COC(=O)CC1CC(=O)c2cc(N3CCC(Oc4ccc(OC5CC5)nc4)C3=O)ccc21. The molecule has 1 aromatic carbocycles. The summed E-state index contributed by atoms with van der Waals surface area (Å²) in [6, 6.07) is 8.93. The highest BCUT2D eigenvalue weighted by atomic mass is 16.5. The standard InChI is InChI=1S/C24H24N2O6/c1-30-23(28)11-14-10-20(27)19-12-15(2-6-18(14)19)26-9-8-21(24(26)29)31-17-5-7-22(25-13-17)32-16-3-4-16/h2,5-7,12-14,16,21H,3-4,8-11H2,1H3. The summed E-state index contributed by atoms with van der Waals surface area (Å²) in [6.45, 7) is 0.498. The summed E-state index contributed by atoms with van der Waals surface area (Å²) in [7, 11) is 1.34. The number of pyridine rings is 1. The number of benzene rings is 1. The van der Waals surface area contributed by atoms with Gasteiger partial charge in [0.1, 0.15) is 11.9 Å². The molecule has 0 spiro atoms. The van der Waals surface area contributed by atoms with E-state index in [2.05, 4.69) is 4.98 Å². The molecule has 166 valence electrons. The Morgan fingerprint density at radius 3 is 2.69 bits per heavy atom. The Kier molecular flexibility index (Phi) is 5.28. The van der Waals surface area contributed by atoms with Gasteiger partial charge in [0.2, 0.25) is 5.88 Å². The van der Waals surface area contributed by atoms with Gasteiger partial charge in [-0.15, -0.1) is 0 Å². The summed E-state index contributed by atoms with van der Waals surface area (Å²) >= 11 is 0. The summed E-state index contributed by atoms with van der Waals surface area (Å²) in [5.41, 5.74) is 2.07. The molecule has 2 fully saturated rings. The average Bonchev–Trinajstić information content (AvgIpc) is 3.47. The number of nitrogens with zero attached hydrogens (tertiary/aromatic N) is 2. The van der Waals surface area contributed by atoms with Crippen LogP contribution >= 0.6 is 0 Å². The third-order valence-electron chi connectivity index (χ3n) is 6.12. The molecule has 2 heterocycles. The van der Waals surface area contributed by atoms with Crippen LogP contribution in [0.15, 0.2) is 36.5 Å². The number of amides is 1. The van der Waals surface area contributed by atoms with Crippen molar-refractivity contribution in [2.75, 3.05) is 18.6 Å². The molecule has 2 aliphatic carbocycles. The number of ketones is 1. The van der Waals surface area contributed by atoms with Crippen LogP contribution in [0.2, 0.25) is 0 Å². The third kappa shape index (κ3) is 4.04. The maximum atomic E-state index is 13.0. The predicted molar refractivity (Wildman–Crippen MR) is 114 cm³/mol. The highest BCUT2D eigenvalue weighted by molar-refractivity contribution is 6.05. The van der Waals surface area contributed by atoms with Crippen LogP contribution in [0.3, 0.4) is 0 Å². The molecule has 2 unspecified atom stereocenters. The number of fused-ring (bicyclic) bond motifs is 1. The van der Waals surface area contributed by atoms with Gasteiger partial charge in [0.25, 0.3) is 5.91 Å². The first kappa shape index (κ1) is 20.5. The average molecular weight is 436 g/mol. The van der Waals surface area contributed by atoms with E-state index in [1.807, 2.05) is 12.1 Å². The van der Waals surface area contributed by atoms with Crippen LogP contribution in [0.4, 0.5) is 5.69 Å². The normalized spacial score (nSPS) is 22.1. The molecule has 3 aliphatic rings. The maximum Gasteiger partial charge on any atom is 0.306 e. The first-order valence-electron chi connectivity index (χ1n) is 10.9.